The zero-order valence-electron chi connectivity index (χ0n) is 6.32. The van der Waals surface area contributed by atoms with Crippen LogP contribution in [0.15, 0.2) is 27.7 Å². The van der Waals surface area contributed by atoms with E-state index >= 15 is 0 Å². The fourth-order valence-electron chi connectivity index (χ4n) is 1.19. The molecule has 64 valence electrons. The molecule has 0 fully saturated rings. The Hall–Kier alpha value is -1.10. The van der Waals surface area contributed by atoms with Gasteiger partial charge in [-0.2, -0.15) is 0 Å². The van der Waals surface area contributed by atoms with Gasteiger partial charge < -0.3 is 5.32 Å². The van der Waals surface area contributed by atoms with E-state index in [1.54, 1.807) is 12.3 Å². The molecule has 0 atom stereocenters. The highest BCUT2D eigenvalue weighted by molar-refractivity contribution is 7.94. The number of hydrogen-bond acceptors (Lipinski definition) is 4. The van der Waals surface area contributed by atoms with Crippen molar-refractivity contribution in [3.63, 3.8) is 0 Å². The van der Waals surface area contributed by atoms with Gasteiger partial charge in [0.1, 0.15) is 6.67 Å². The van der Waals surface area contributed by atoms with Gasteiger partial charge in [-0.25, -0.2) is 8.42 Å². The third-order valence-electron chi connectivity index (χ3n) is 1.75. The van der Waals surface area contributed by atoms with Crippen molar-refractivity contribution < 1.29 is 8.42 Å². The van der Waals surface area contributed by atoms with Gasteiger partial charge in [-0.1, -0.05) is 0 Å². The van der Waals surface area contributed by atoms with E-state index in [9.17, 15) is 8.42 Å². The van der Waals surface area contributed by atoms with Gasteiger partial charge in [-0.05, 0) is 6.08 Å². The molecule has 0 unspecified atom stereocenters. The fourth-order valence-corrected chi connectivity index (χ4v) is 2.29. The van der Waals surface area contributed by atoms with Crippen LogP contribution in [0.4, 0.5) is 0 Å². The minimum Gasteiger partial charge on any atom is -0.366 e. The van der Waals surface area contributed by atoms with Gasteiger partial charge >= 0.3 is 0 Å². The molecule has 5 heteroatoms. The molecule has 2 aliphatic rings. The Kier molecular flexibility index (Phi) is 1.54. The average Bonchev–Trinajstić information content (AvgIpc) is 2.02. The molecule has 0 aromatic heterocycles. The van der Waals surface area contributed by atoms with Gasteiger partial charge in [0, 0.05) is 22.9 Å². The molecule has 0 radical (unpaired) electrons. The molecule has 0 aromatic carbocycles. The summed E-state index contributed by atoms with van der Waals surface area (Å²) in [6.45, 7) is 0.531. The van der Waals surface area contributed by atoms with Gasteiger partial charge in [-0.3, -0.25) is 4.99 Å². The number of rotatable bonds is 0. The Bertz CT molecular complexity index is 390. The predicted molar refractivity (Wildman–Crippen MR) is 46.4 cm³/mol. The second kappa shape index (κ2) is 2.45. The first-order chi connectivity index (χ1) is 5.67. The molecule has 0 amide bonds. The van der Waals surface area contributed by atoms with Crippen molar-refractivity contribution >= 4 is 16.1 Å². The maximum atomic E-state index is 11.1. The summed E-state index contributed by atoms with van der Waals surface area (Å²) in [6, 6.07) is 0. The molecule has 0 aromatic rings. The molecule has 0 aliphatic carbocycles. The average molecular weight is 184 g/mol. The van der Waals surface area contributed by atoms with E-state index in [0.29, 0.717) is 6.67 Å². The Morgan fingerprint density at radius 3 is 3.17 bits per heavy atom. The Morgan fingerprint density at radius 2 is 2.33 bits per heavy atom. The Labute approximate surface area is 70.6 Å². The first kappa shape index (κ1) is 7.54. The summed E-state index contributed by atoms with van der Waals surface area (Å²) in [4.78, 5) is 3.93. The monoisotopic (exact) mass is 184 g/mol. The minimum absolute atomic E-state index is 0.0648. The highest BCUT2D eigenvalue weighted by atomic mass is 32.2. The summed E-state index contributed by atoms with van der Waals surface area (Å²) >= 11 is 0. The van der Waals surface area contributed by atoms with Crippen molar-refractivity contribution in [3.05, 3.63) is 22.8 Å². The zero-order valence-corrected chi connectivity index (χ0v) is 7.13. The number of nitrogens with one attached hydrogen (secondary N) is 1. The summed E-state index contributed by atoms with van der Waals surface area (Å²) in [5.74, 6) is 0.0648. The lowest BCUT2D eigenvalue weighted by Crippen LogP contribution is -2.25. The molecule has 12 heavy (non-hydrogen) atoms. The van der Waals surface area contributed by atoms with Crippen molar-refractivity contribution in [3.8, 4) is 0 Å². The van der Waals surface area contributed by atoms with E-state index in [0.717, 1.165) is 11.3 Å². The molecular weight excluding hydrogens is 176 g/mol. The summed E-state index contributed by atoms with van der Waals surface area (Å²) in [6.07, 6.45) is 3.20. The molecule has 1 N–H and O–H groups in total. The van der Waals surface area contributed by atoms with Gasteiger partial charge in [0.15, 0.2) is 9.84 Å². The van der Waals surface area contributed by atoms with E-state index in [1.807, 2.05) is 0 Å². The third kappa shape index (κ3) is 1.27. The van der Waals surface area contributed by atoms with Crippen LogP contribution in [0.1, 0.15) is 0 Å². The quantitative estimate of drug-likeness (QED) is 0.568. The largest absolute Gasteiger partial charge is 0.366 e. The predicted octanol–water partition coefficient (Wildman–Crippen LogP) is -0.186. The van der Waals surface area contributed by atoms with E-state index in [4.69, 9.17) is 0 Å². The van der Waals surface area contributed by atoms with Crippen LogP contribution in [0.3, 0.4) is 0 Å². The smallest absolute Gasteiger partial charge is 0.175 e. The van der Waals surface area contributed by atoms with Gasteiger partial charge in [0.05, 0.1) is 5.75 Å². The maximum absolute atomic E-state index is 11.1. The molecule has 0 saturated carbocycles. The highest BCUT2D eigenvalue weighted by Gasteiger charge is 2.18. The van der Waals surface area contributed by atoms with Crippen LogP contribution in [-0.2, 0) is 9.84 Å². The van der Waals surface area contributed by atoms with Crippen molar-refractivity contribution in [1.82, 2.24) is 5.32 Å². The van der Waals surface area contributed by atoms with Gasteiger partial charge in [0.2, 0.25) is 0 Å². The fraction of sp³-hybridized carbons (Fsp3) is 0.286. The third-order valence-corrected chi connectivity index (χ3v) is 3.02. The molecule has 0 saturated heterocycles. The summed E-state index contributed by atoms with van der Waals surface area (Å²) in [5, 5.41) is 4.22. The van der Waals surface area contributed by atoms with E-state index in [2.05, 4.69) is 10.3 Å². The van der Waals surface area contributed by atoms with E-state index < -0.39 is 9.84 Å². The van der Waals surface area contributed by atoms with E-state index in [1.165, 1.54) is 5.41 Å². The van der Waals surface area contributed by atoms with Crippen LogP contribution in [0, 0.1) is 0 Å². The molecule has 0 spiro atoms. The topological polar surface area (TPSA) is 58.5 Å². The summed E-state index contributed by atoms with van der Waals surface area (Å²) in [7, 11) is -3.02. The molecule has 0 bridgehead atoms. The lowest BCUT2D eigenvalue weighted by atomic mass is 10.2. The maximum Gasteiger partial charge on any atom is 0.175 e. The second-order valence-corrected chi connectivity index (χ2v) is 4.58. The summed E-state index contributed by atoms with van der Waals surface area (Å²) < 4.78 is 22.2. The van der Waals surface area contributed by atoms with Crippen LogP contribution in [0.25, 0.3) is 0 Å². The highest BCUT2D eigenvalue weighted by Crippen LogP contribution is 2.15. The Morgan fingerprint density at radius 1 is 1.50 bits per heavy atom. The number of hydrogen-bond donors (Lipinski definition) is 1. The van der Waals surface area contributed by atoms with Crippen molar-refractivity contribution in [2.75, 3.05) is 12.4 Å². The molecule has 2 heterocycles. The first-order valence-corrected chi connectivity index (χ1v) is 5.27. The standard InChI is InChI=1S/C7H8N2O2S/c10-12(11)2-1-7-6(4-12)3-8-5-9-7/h1-3,9H,4-5H2. The van der Waals surface area contributed by atoms with Gasteiger partial charge in [-0.15, -0.1) is 0 Å². The van der Waals surface area contributed by atoms with Crippen LogP contribution in [-0.4, -0.2) is 27.1 Å². The van der Waals surface area contributed by atoms with Crippen LogP contribution in [0.5, 0.6) is 0 Å². The van der Waals surface area contributed by atoms with Crippen LogP contribution in [0.2, 0.25) is 0 Å². The van der Waals surface area contributed by atoms with Crippen molar-refractivity contribution in [2.24, 2.45) is 4.99 Å². The lowest BCUT2D eigenvalue weighted by Gasteiger charge is -2.17. The number of sulfone groups is 1. The van der Waals surface area contributed by atoms with Crippen molar-refractivity contribution in [1.29, 1.82) is 0 Å². The SMILES string of the molecule is O=S1(=O)C=CC2=C(C=NCN2)C1. The Balaban J connectivity index is 2.42. The van der Waals surface area contributed by atoms with Crippen molar-refractivity contribution in [2.45, 2.75) is 0 Å². The number of aliphatic imine (C=N–C) groups is 1. The second-order valence-electron chi connectivity index (χ2n) is 2.70. The normalized spacial score (nSPS) is 25.0. The molecular formula is C7H8N2O2S. The van der Waals surface area contributed by atoms with Gasteiger partial charge in [0.25, 0.3) is 0 Å². The minimum atomic E-state index is -3.02. The van der Waals surface area contributed by atoms with Crippen LogP contribution < -0.4 is 5.32 Å². The molecule has 2 rings (SSSR count). The molecule has 4 nitrogen and oxygen atoms in total. The number of nitrogens with zero attached hydrogens (tertiary/aromatic N) is 1. The first-order valence-electron chi connectivity index (χ1n) is 3.55. The van der Waals surface area contributed by atoms with E-state index in [-0.39, 0.29) is 5.75 Å². The number of allylic oxidation sites excluding steroid dienone is 1. The zero-order chi connectivity index (χ0) is 8.60. The van der Waals surface area contributed by atoms with Crippen LogP contribution >= 0.6 is 0 Å². The lowest BCUT2D eigenvalue weighted by molar-refractivity contribution is 0.606. The summed E-state index contributed by atoms with van der Waals surface area (Å²) in [5.41, 5.74) is 1.63. The molecule has 2 aliphatic heterocycles.